The topological polar surface area (TPSA) is 52.3 Å². The molecule has 1 aliphatic rings. The van der Waals surface area contributed by atoms with Gasteiger partial charge in [-0.15, -0.1) is 0 Å². The Morgan fingerprint density at radius 1 is 1.39 bits per heavy atom. The van der Waals surface area contributed by atoms with Gasteiger partial charge in [-0.25, -0.2) is 9.18 Å². The number of primary amides is 1. The van der Waals surface area contributed by atoms with E-state index >= 15 is 0 Å². The quantitative estimate of drug-likeness (QED) is 0.892. The van der Waals surface area contributed by atoms with E-state index in [2.05, 4.69) is 4.74 Å². The van der Waals surface area contributed by atoms with Gasteiger partial charge in [0.05, 0.1) is 0 Å². The molecule has 1 unspecified atom stereocenters. The van der Waals surface area contributed by atoms with Crippen molar-refractivity contribution in [3.05, 3.63) is 54.1 Å². The molecule has 0 bridgehead atoms. The van der Waals surface area contributed by atoms with Crippen molar-refractivity contribution in [3.63, 3.8) is 0 Å². The van der Waals surface area contributed by atoms with Crippen LogP contribution in [0.15, 0.2) is 48.6 Å². The van der Waals surface area contributed by atoms with Crippen LogP contribution in [-0.4, -0.2) is 18.4 Å². The smallest absolute Gasteiger partial charge is 0.404 e. The van der Waals surface area contributed by atoms with Crippen molar-refractivity contribution in [2.75, 3.05) is 6.61 Å². The molecular formula is C14H14FNO2. The average molecular weight is 247 g/mol. The van der Waals surface area contributed by atoms with Crippen molar-refractivity contribution in [1.82, 2.24) is 0 Å². The summed E-state index contributed by atoms with van der Waals surface area (Å²) in [7, 11) is 0. The highest BCUT2D eigenvalue weighted by Crippen LogP contribution is 2.29. The van der Waals surface area contributed by atoms with Gasteiger partial charge in [0.1, 0.15) is 6.61 Å². The molecule has 1 atom stereocenters. The predicted octanol–water partition coefficient (Wildman–Crippen LogP) is 2.83. The molecule has 1 aromatic carbocycles. The van der Waals surface area contributed by atoms with Crippen LogP contribution in [0.5, 0.6) is 0 Å². The number of hydrogen-bond acceptors (Lipinski definition) is 2. The first-order chi connectivity index (χ1) is 8.59. The summed E-state index contributed by atoms with van der Waals surface area (Å²) in [4.78, 5) is 10.5. The van der Waals surface area contributed by atoms with Crippen LogP contribution >= 0.6 is 0 Å². The van der Waals surface area contributed by atoms with Crippen LogP contribution in [0, 0.1) is 0 Å². The van der Waals surface area contributed by atoms with Gasteiger partial charge in [0.2, 0.25) is 0 Å². The number of amides is 1. The minimum atomic E-state index is -1.66. The molecule has 0 aromatic heterocycles. The summed E-state index contributed by atoms with van der Waals surface area (Å²) in [6, 6.07) is 9.70. The number of benzene rings is 1. The fraction of sp³-hybridized carbons (Fsp3) is 0.214. The lowest BCUT2D eigenvalue weighted by Crippen LogP contribution is -2.30. The van der Waals surface area contributed by atoms with Gasteiger partial charge >= 0.3 is 6.09 Å². The van der Waals surface area contributed by atoms with E-state index in [-0.39, 0.29) is 13.0 Å². The molecule has 2 N–H and O–H groups in total. The second kappa shape index (κ2) is 5.04. The van der Waals surface area contributed by atoms with Gasteiger partial charge in [-0.05, 0) is 17.2 Å². The second-order valence-electron chi connectivity index (χ2n) is 4.21. The van der Waals surface area contributed by atoms with E-state index in [4.69, 9.17) is 5.73 Å². The molecule has 3 nitrogen and oxygen atoms in total. The molecule has 1 aromatic rings. The van der Waals surface area contributed by atoms with Crippen LogP contribution in [0.3, 0.4) is 0 Å². The van der Waals surface area contributed by atoms with E-state index in [0.717, 1.165) is 11.1 Å². The zero-order chi connectivity index (χ0) is 13.0. The van der Waals surface area contributed by atoms with Crippen molar-refractivity contribution < 1.29 is 13.9 Å². The summed E-state index contributed by atoms with van der Waals surface area (Å²) in [5.41, 5.74) is 5.16. The van der Waals surface area contributed by atoms with Crippen molar-refractivity contribution in [3.8, 4) is 0 Å². The van der Waals surface area contributed by atoms with Crippen LogP contribution in [0.1, 0.15) is 12.0 Å². The molecule has 0 aliphatic heterocycles. The molecule has 94 valence electrons. The van der Waals surface area contributed by atoms with E-state index in [0.29, 0.717) is 0 Å². The summed E-state index contributed by atoms with van der Waals surface area (Å²) in [5, 5.41) is 0. The lowest BCUT2D eigenvalue weighted by Gasteiger charge is -2.23. The van der Waals surface area contributed by atoms with E-state index in [9.17, 15) is 9.18 Å². The van der Waals surface area contributed by atoms with E-state index in [1.54, 1.807) is 12.2 Å². The third-order valence-corrected chi connectivity index (χ3v) is 2.78. The first-order valence-electron chi connectivity index (χ1n) is 5.65. The Morgan fingerprint density at radius 2 is 2.11 bits per heavy atom. The third kappa shape index (κ3) is 2.97. The number of allylic oxidation sites excluding steroid dienone is 3. The van der Waals surface area contributed by atoms with E-state index < -0.39 is 11.8 Å². The Morgan fingerprint density at radius 3 is 2.67 bits per heavy atom. The Kier molecular flexibility index (Phi) is 3.46. The van der Waals surface area contributed by atoms with Crippen LogP contribution in [0.25, 0.3) is 5.57 Å². The van der Waals surface area contributed by atoms with Crippen LogP contribution < -0.4 is 5.73 Å². The van der Waals surface area contributed by atoms with Gasteiger partial charge in [-0.2, -0.15) is 0 Å². The Bertz CT molecular complexity index is 496. The third-order valence-electron chi connectivity index (χ3n) is 2.78. The largest absolute Gasteiger partial charge is 0.446 e. The summed E-state index contributed by atoms with van der Waals surface area (Å²) in [6.45, 7) is -0.350. The lowest BCUT2D eigenvalue weighted by atomic mass is 9.91. The summed E-state index contributed by atoms with van der Waals surface area (Å²) in [6.07, 6.45) is 4.11. The minimum Gasteiger partial charge on any atom is -0.446 e. The monoisotopic (exact) mass is 247 g/mol. The van der Waals surface area contributed by atoms with Crippen molar-refractivity contribution in [2.24, 2.45) is 5.73 Å². The highest BCUT2D eigenvalue weighted by atomic mass is 19.1. The molecule has 0 spiro atoms. The molecule has 1 amide bonds. The van der Waals surface area contributed by atoms with Crippen LogP contribution in [0.2, 0.25) is 0 Å². The van der Waals surface area contributed by atoms with E-state index in [1.165, 1.54) is 6.08 Å². The SMILES string of the molecule is NC(=O)OCC1(F)C=CC(c2ccccc2)=CC1. The number of ether oxygens (including phenoxy) is 1. The van der Waals surface area contributed by atoms with Gasteiger partial charge in [0, 0.05) is 6.42 Å². The molecule has 0 saturated carbocycles. The molecule has 0 heterocycles. The number of carbonyl (C=O) groups is 1. The molecule has 0 radical (unpaired) electrons. The highest BCUT2D eigenvalue weighted by Gasteiger charge is 2.29. The first kappa shape index (κ1) is 12.4. The van der Waals surface area contributed by atoms with Crippen LogP contribution in [-0.2, 0) is 4.74 Å². The second-order valence-corrected chi connectivity index (χ2v) is 4.21. The van der Waals surface area contributed by atoms with Gasteiger partial charge in [0.15, 0.2) is 5.67 Å². The maximum Gasteiger partial charge on any atom is 0.404 e. The standard InChI is InChI=1S/C14H14FNO2/c15-14(10-18-13(16)17)8-6-12(7-9-14)11-4-2-1-3-5-11/h1-8H,9-10H2,(H2,16,17). The number of carbonyl (C=O) groups excluding carboxylic acids is 1. The summed E-state index contributed by atoms with van der Waals surface area (Å²) < 4.78 is 18.7. The molecule has 0 saturated heterocycles. The Labute approximate surface area is 105 Å². The molecule has 4 heteroatoms. The van der Waals surface area contributed by atoms with Gasteiger partial charge in [-0.3, -0.25) is 0 Å². The number of nitrogens with two attached hydrogens (primary N) is 1. The number of hydrogen-bond donors (Lipinski definition) is 1. The minimum absolute atomic E-state index is 0.168. The normalized spacial score (nSPS) is 22.4. The predicted molar refractivity (Wildman–Crippen MR) is 67.6 cm³/mol. The lowest BCUT2D eigenvalue weighted by molar-refractivity contribution is 0.0844. The first-order valence-corrected chi connectivity index (χ1v) is 5.65. The van der Waals surface area contributed by atoms with Crippen molar-refractivity contribution in [1.29, 1.82) is 0 Å². The van der Waals surface area contributed by atoms with Crippen molar-refractivity contribution in [2.45, 2.75) is 12.1 Å². The summed E-state index contributed by atoms with van der Waals surface area (Å²) >= 11 is 0. The van der Waals surface area contributed by atoms with Gasteiger partial charge < -0.3 is 10.5 Å². The molecule has 2 rings (SSSR count). The van der Waals surface area contributed by atoms with Gasteiger partial charge in [-0.1, -0.05) is 42.5 Å². The number of alkyl halides is 1. The maximum absolute atomic E-state index is 14.2. The Hall–Kier alpha value is -2.10. The molecule has 18 heavy (non-hydrogen) atoms. The fourth-order valence-corrected chi connectivity index (χ4v) is 1.80. The van der Waals surface area contributed by atoms with Crippen LogP contribution in [0.4, 0.5) is 9.18 Å². The van der Waals surface area contributed by atoms with E-state index in [1.807, 2.05) is 30.3 Å². The summed E-state index contributed by atoms with van der Waals surface area (Å²) in [5.74, 6) is 0. The van der Waals surface area contributed by atoms with Crippen molar-refractivity contribution >= 4 is 11.7 Å². The number of halogens is 1. The average Bonchev–Trinajstić information content (AvgIpc) is 2.39. The fourth-order valence-electron chi connectivity index (χ4n) is 1.80. The van der Waals surface area contributed by atoms with Gasteiger partial charge in [0.25, 0.3) is 0 Å². The zero-order valence-electron chi connectivity index (χ0n) is 9.80. The highest BCUT2D eigenvalue weighted by molar-refractivity contribution is 5.75. The number of rotatable bonds is 3. The Balaban J connectivity index is 2.05. The molecule has 1 aliphatic carbocycles. The molecular weight excluding hydrogens is 233 g/mol. The molecule has 0 fully saturated rings. The zero-order valence-corrected chi connectivity index (χ0v) is 9.80. The maximum atomic E-state index is 14.2.